The van der Waals surface area contributed by atoms with Gasteiger partial charge in [-0.25, -0.2) is 4.98 Å². The van der Waals surface area contributed by atoms with Crippen LogP contribution in [0.5, 0.6) is 0 Å². The first-order valence-corrected chi connectivity index (χ1v) is 12.7. The summed E-state index contributed by atoms with van der Waals surface area (Å²) in [6, 6.07) is 16.9. The minimum absolute atomic E-state index is 0.0480. The topological polar surface area (TPSA) is 93.5 Å². The Hall–Kier alpha value is -3.97. The Kier molecular flexibility index (Phi) is 7.06. The van der Waals surface area contributed by atoms with E-state index in [0.717, 1.165) is 36.1 Å². The average molecular weight is 498 g/mol. The Morgan fingerprint density at radius 1 is 1.14 bits per heavy atom. The smallest absolute Gasteiger partial charge is 0.272 e. The van der Waals surface area contributed by atoms with Gasteiger partial charge in [-0.2, -0.15) is 0 Å². The van der Waals surface area contributed by atoms with E-state index < -0.39 is 0 Å². The summed E-state index contributed by atoms with van der Waals surface area (Å²) in [5.41, 5.74) is 4.62. The van der Waals surface area contributed by atoms with Gasteiger partial charge in [-0.1, -0.05) is 36.4 Å². The van der Waals surface area contributed by atoms with Crippen LogP contribution >= 0.6 is 0 Å². The lowest BCUT2D eigenvalue weighted by atomic mass is 9.98. The number of hydrogen-bond acceptors (Lipinski definition) is 6. The number of carbonyl (C=O) groups excluding carboxylic acids is 1. The number of aryl methyl sites for hydroxylation is 1. The summed E-state index contributed by atoms with van der Waals surface area (Å²) < 4.78 is 12.0. The Morgan fingerprint density at radius 3 is 2.70 bits per heavy atom. The molecule has 1 amide bonds. The summed E-state index contributed by atoms with van der Waals surface area (Å²) in [5, 5.41) is 6.92. The first-order valence-electron chi connectivity index (χ1n) is 12.7. The monoisotopic (exact) mass is 497 g/mol. The summed E-state index contributed by atoms with van der Waals surface area (Å²) in [6.45, 7) is 6.94. The number of anilines is 1. The number of amides is 1. The van der Waals surface area contributed by atoms with Crippen molar-refractivity contribution < 1.29 is 13.9 Å². The molecule has 1 unspecified atom stereocenters. The standard InChI is InChI=1S/C30H31N3O4/c1-18-15-23(29-24(16-18)27(34)19(2)28(37-29)21-9-5-4-6-10-21)20(3)33-25-12-7-13-31-26(25)30(35)32-17-22-11-8-14-36-22/h4-7,9-10,12-13,15-16,20,22,33H,8,11,14,17H2,1-3H3,(H,32,35)/t20-,22?/m1/s1. The Bertz CT molecular complexity index is 1490. The van der Waals surface area contributed by atoms with Crippen molar-refractivity contribution in [3.8, 4) is 11.3 Å². The van der Waals surface area contributed by atoms with Crippen LogP contribution < -0.4 is 16.1 Å². The molecule has 190 valence electrons. The molecule has 7 nitrogen and oxygen atoms in total. The first-order chi connectivity index (χ1) is 17.9. The zero-order valence-electron chi connectivity index (χ0n) is 21.3. The van der Waals surface area contributed by atoms with Gasteiger partial charge in [0.2, 0.25) is 0 Å². The zero-order valence-corrected chi connectivity index (χ0v) is 21.3. The fourth-order valence-electron chi connectivity index (χ4n) is 4.86. The van der Waals surface area contributed by atoms with Crippen LogP contribution in [0.2, 0.25) is 0 Å². The number of ether oxygens (including phenoxy) is 1. The van der Waals surface area contributed by atoms with Gasteiger partial charge in [-0.3, -0.25) is 9.59 Å². The molecule has 37 heavy (non-hydrogen) atoms. The van der Waals surface area contributed by atoms with Crippen LogP contribution in [0.15, 0.2) is 70.0 Å². The summed E-state index contributed by atoms with van der Waals surface area (Å²) in [4.78, 5) is 30.7. The SMILES string of the molecule is Cc1cc([C@@H](C)Nc2cccnc2C(=O)NCC2CCCO2)c2oc(-c3ccccc3)c(C)c(=O)c2c1. The largest absolute Gasteiger partial charge is 0.455 e. The molecule has 2 atom stereocenters. The van der Waals surface area contributed by atoms with Crippen molar-refractivity contribution in [3.63, 3.8) is 0 Å². The van der Waals surface area contributed by atoms with Crippen molar-refractivity contribution in [2.75, 3.05) is 18.5 Å². The molecule has 1 saturated heterocycles. The number of rotatable bonds is 7. The normalized spacial score (nSPS) is 16.0. The van der Waals surface area contributed by atoms with Gasteiger partial charge >= 0.3 is 0 Å². The highest BCUT2D eigenvalue weighted by atomic mass is 16.5. The van der Waals surface area contributed by atoms with Gasteiger partial charge in [0.25, 0.3) is 5.91 Å². The maximum Gasteiger partial charge on any atom is 0.272 e. The Labute approximate surface area is 215 Å². The number of aromatic nitrogens is 1. The summed E-state index contributed by atoms with van der Waals surface area (Å²) in [6.07, 6.45) is 3.61. The second-order valence-corrected chi connectivity index (χ2v) is 9.59. The van der Waals surface area contributed by atoms with E-state index in [9.17, 15) is 9.59 Å². The highest BCUT2D eigenvalue weighted by molar-refractivity contribution is 5.97. The molecule has 0 saturated carbocycles. The van der Waals surface area contributed by atoms with E-state index in [4.69, 9.17) is 9.15 Å². The lowest BCUT2D eigenvalue weighted by Gasteiger charge is -2.20. The third kappa shape index (κ3) is 5.13. The molecule has 0 radical (unpaired) electrons. The zero-order chi connectivity index (χ0) is 25.9. The van der Waals surface area contributed by atoms with Gasteiger partial charge in [0.15, 0.2) is 11.1 Å². The maximum absolute atomic E-state index is 13.4. The van der Waals surface area contributed by atoms with Crippen LogP contribution in [0.4, 0.5) is 5.69 Å². The van der Waals surface area contributed by atoms with Gasteiger partial charge in [0.1, 0.15) is 11.3 Å². The van der Waals surface area contributed by atoms with E-state index in [1.807, 2.05) is 62.4 Å². The third-order valence-corrected chi connectivity index (χ3v) is 6.80. The maximum atomic E-state index is 13.4. The van der Waals surface area contributed by atoms with E-state index in [1.165, 1.54) is 0 Å². The minimum atomic E-state index is -0.272. The molecule has 2 aromatic carbocycles. The molecule has 7 heteroatoms. The number of fused-ring (bicyclic) bond motifs is 1. The lowest BCUT2D eigenvalue weighted by molar-refractivity contribution is 0.0854. The molecule has 1 aliphatic heterocycles. The molecule has 2 N–H and O–H groups in total. The van der Waals surface area contributed by atoms with E-state index in [0.29, 0.717) is 40.2 Å². The van der Waals surface area contributed by atoms with Crippen LogP contribution in [0, 0.1) is 13.8 Å². The first kappa shape index (κ1) is 24.7. The van der Waals surface area contributed by atoms with Gasteiger partial charge in [-0.05, 0) is 57.4 Å². The predicted molar refractivity (Wildman–Crippen MR) is 145 cm³/mol. The molecule has 2 aromatic heterocycles. The van der Waals surface area contributed by atoms with E-state index >= 15 is 0 Å². The van der Waals surface area contributed by atoms with Gasteiger partial charge in [0, 0.05) is 36.0 Å². The van der Waals surface area contributed by atoms with Crippen molar-refractivity contribution in [3.05, 3.63) is 93.4 Å². The molecule has 1 aliphatic rings. The molecular weight excluding hydrogens is 466 g/mol. The van der Waals surface area contributed by atoms with Crippen LogP contribution in [0.1, 0.15) is 53.0 Å². The second-order valence-electron chi connectivity index (χ2n) is 9.59. The van der Waals surface area contributed by atoms with Crippen molar-refractivity contribution in [2.24, 2.45) is 0 Å². The van der Waals surface area contributed by atoms with Gasteiger partial charge in [-0.15, -0.1) is 0 Å². The Balaban J connectivity index is 1.49. The lowest BCUT2D eigenvalue weighted by Crippen LogP contribution is -2.32. The van der Waals surface area contributed by atoms with E-state index in [1.54, 1.807) is 19.2 Å². The quantitative estimate of drug-likeness (QED) is 0.348. The highest BCUT2D eigenvalue weighted by Gasteiger charge is 2.22. The van der Waals surface area contributed by atoms with Crippen LogP contribution in [0.25, 0.3) is 22.3 Å². The summed E-state index contributed by atoms with van der Waals surface area (Å²) in [5.74, 6) is 0.305. The van der Waals surface area contributed by atoms with E-state index in [2.05, 4.69) is 15.6 Å². The van der Waals surface area contributed by atoms with Crippen LogP contribution in [-0.2, 0) is 4.74 Å². The molecule has 0 spiro atoms. The third-order valence-electron chi connectivity index (χ3n) is 6.80. The van der Waals surface area contributed by atoms with Crippen molar-refractivity contribution in [1.82, 2.24) is 10.3 Å². The van der Waals surface area contributed by atoms with Crippen molar-refractivity contribution in [1.29, 1.82) is 0 Å². The molecule has 3 heterocycles. The van der Waals surface area contributed by atoms with Gasteiger partial charge < -0.3 is 19.8 Å². The molecule has 0 aliphatic carbocycles. The fourth-order valence-corrected chi connectivity index (χ4v) is 4.86. The number of nitrogens with one attached hydrogen (secondary N) is 2. The second kappa shape index (κ2) is 10.6. The van der Waals surface area contributed by atoms with Crippen LogP contribution in [-0.4, -0.2) is 30.1 Å². The van der Waals surface area contributed by atoms with Gasteiger partial charge in [0.05, 0.1) is 23.2 Å². The molecule has 0 bridgehead atoms. The fraction of sp³-hybridized carbons (Fsp3) is 0.300. The summed E-state index contributed by atoms with van der Waals surface area (Å²) >= 11 is 0. The molecule has 1 fully saturated rings. The molecular formula is C30H31N3O4. The molecule has 5 rings (SSSR count). The van der Waals surface area contributed by atoms with Crippen molar-refractivity contribution >= 4 is 22.6 Å². The number of benzene rings is 2. The van der Waals surface area contributed by atoms with Crippen molar-refractivity contribution in [2.45, 2.75) is 45.8 Å². The Morgan fingerprint density at radius 2 is 1.95 bits per heavy atom. The van der Waals surface area contributed by atoms with E-state index in [-0.39, 0.29) is 23.5 Å². The van der Waals surface area contributed by atoms with Crippen LogP contribution in [0.3, 0.4) is 0 Å². The molecule has 4 aromatic rings. The number of nitrogens with zero attached hydrogens (tertiary/aromatic N) is 1. The summed E-state index contributed by atoms with van der Waals surface area (Å²) in [7, 11) is 0. The average Bonchev–Trinajstić information content (AvgIpc) is 3.44. The number of pyridine rings is 1. The number of carbonyl (C=O) groups is 1. The highest BCUT2D eigenvalue weighted by Crippen LogP contribution is 2.32. The minimum Gasteiger partial charge on any atom is -0.455 e. The number of hydrogen-bond donors (Lipinski definition) is 2. The predicted octanol–water partition coefficient (Wildman–Crippen LogP) is 5.55.